The molecule has 0 radical (unpaired) electrons. The molecule has 1 aromatic carbocycles. The van der Waals surface area contributed by atoms with Crippen LogP contribution in [0.3, 0.4) is 0 Å². The maximum atomic E-state index is 11.9. The number of likely N-dealkylation sites (tertiary alicyclic amines) is 1. The number of aliphatic carboxylic acids is 1. The van der Waals surface area contributed by atoms with Gasteiger partial charge in [0.1, 0.15) is 4.90 Å². The summed E-state index contributed by atoms with van der Waals surface area (Å²) in [6.07, 6.45) is 1.13. The van der Waals surface area contributed by atoms with Crippen LogP contribution in [0.15, 0.2) is 33.6 Å². The Kier molecular flexibility index (Phi) is 2.60. The maximum absolute atomic E-state index is 11.9. The lowest BCUT2D eigenvalue weighted by atomic mass is 10.1. The molecule has 1 fully saturated rings. The second kappa shape index (κ2) is 4.06. The van der Waals surface area contributed by atoms with Crippen molar-refractivity contribution in [2.75, 3.05) is 6.54 Å². The summed E-state index contributed by atoms with van der Waals surface area (Å²) in [6.45, 7) is 0.474. The van der Waals surface area contributed by atoms with E-state index in [1.807, 2.05) is 0 Å². The van der Waals surface area contributed by atoms with Crippen molar-refractivity contribution in [2.45, 2.75) is 23.8 Å². The third-order valence-corrected chi connectivity index (χ3v) is 4.73. The molecule has 3 rings (SSSR count). The average molecular weight is 279 g/mol. The number of sulfonamides is 1. The maximum Gasteiger partial charge on any atom is 0.285 e. The van der Waals surface area contributed by atoms with E-state index in [-0.39, 0.29) is 10.7 Å². The van der Waals surface area contributed by atoms with Gasteiger partial charge in [0.2, 0.25) is 0 Å². The highest BCUT2D eigenvalue weighted by Crippen LogP contribution is 2.30. The van der Waals surface area contributed by atoms with Crippen molar-refractivity contribution < 1.29 is 18.3 Å². The summed E-state index contributed by atoms with van der Waals surface area (Å²) in [7, 11) is -3.71. The lowest BCUT2D eigenvalue weighted by Gasteiger charge is -2.26. The van der Waals surface area contributed by atoms with Crippen LogP contribution in [0.4, 0.5) is 0 Å². The quantitative estimate of drug-likeness (QED) is 0.681. The van der Waals surface area contributed by atoms with E-state index in [9.17, 15) is 18.3 Å². The fourth-order valence-corrected chi connectivity index (χ4v) is 3.78. The van der Waals surface area contributed by atoms with Crippen LogP contribution in [0.25, 0.3) is 0 Å². The Labute approximate surface area is 110 Å². The predicted molar refractivity (Wildman–Crippen MR) is 64.9 cm³/mol. The van der Waals surface area contributed by atoms with Crippen LogP contribution in [0, 0.1) is 0 Å². The summed E-state index contributed by atoms with van der Waals surface area (Å²) in [6, 6.07) is 5.64. The zero-order valence-electron chi connectivity index (χ0n) is 9.94. The molecule has 2 aliphatic rings. The molecule has 1 saturated heterocycles. The molecule has 19 heavy (non-hydrogen) atoms. The van der Waals surface area contributed by atoms with Gasteiger partial charge in [0.25, 0.3) is 10.0 Å². The van der Waals surface area contributed by atoms with Crippen LogP contribution in [-0.4, -0.2) is 37.7 Å². The molecule has 0 amide bonds. The summed E-state index contributed by atoms with van der Waals surface area (Å²) < 4.78 is 27.6. The van der Waals surface area contributed by atoms with Gasteiger partial charge in [-0.2, -0.15) is 8.42 Å². The molecule has 6 nitrogen and oxygen atoms in total. The van der Waals surface area contributed by atoms with Crippen molar-refractivity contribution in [1.29, 1.82) is 0 Å². The number of fused-ring (bicyclic) bond motifs is 1. The Morgan fingerprint density at radius 3 is 2.84 bits per heavy atom. The Morgan fingerprint density at radius 1 is 1.37 bits per heavy atom. The molecule has 0 saturated carbocycles. The average Bonchev–Trinajstić information content (AvgIpc) is 2.93. The van der Waals surface area contributed by atoms with Gasteiger partial charge >= 0.3 is 0 Å². The molecular formula is C12H11N2O4S-. The van der Waals surface area contributed by atoms with Crippen molar-refractivity contribution in [3.63, 3.8) is 0 Å². The van der Waals surface area contributed by atoms with E-state index in [1.165, 1.54) is 11.0 Å². The smallest absolute Gasteiger partial charge is 0.285 e. The van der Waals surface area contributed by atoms with E-state index >= 15 is 0 Å². The van der Waals surface area contributed by atoms with E-state index in [1.54, 1.807) is 18.2 Å². The van der Waals surface area contributed by atoms with Crippen molar-refractivity contribution in [2.24, 2.45) is 4.40 Å². The molecule has 0 aliphatic carbocycles. The number of rotatable bonds is 1. The number of carbonyl (C=O) groups excluding carboxylic acids is 1. The van der Waals surface area contributed by atoms with E-state index in [4.69, 9.17) is 0 Å². The highest BCUT2D eigenvalue weighted by Gasteiger charge is 2.36. The first-order valence-corrected chi connectivity index (χ1v) is 7.36. The normalized spacial score (nSPS) is 24.1. The fourth-order valence-electron chi connectivity index (χ4n) is 2.56. The van der Waals surface area contributed by atoms with Gasteiger partial charge in [0.15, 0.2) is 5.84 Å². The predicted octanol–water partition coefficient (Wildman–Crippen LogP) is -0.650. The van der Waals surface area contributed by atoms with Gasteiger partial charge in [-0.15, -0.1) is 4.40 Å². The molecule has 1 aromatic rings. The number of hydrogen-bond donors (Lipinski definition) is 0. The van der Waals surface area contributed by atoms with Gasteiger partial charge in [-0.3, -0.25) is 0 Å². The Hall–Kier alpha value is -1.89. The van der Waals surface area contributed by atoms with Gasteiger partial charge in [-0.1, -0.05) is 12.1 Å². The Balaban J connectivity index is 2.10. The van der Waals surface area contributed by atoms with Crippen LogP contribution >= 0.6 is 0 Å². The number of carboxylic acids is 1. The highest BCUT2D eigenvalue weighted by atomic mass is 32.2. The molecule has 0 spiro atoms. The zero-order chi connectivity index (χ0) is 13.6. The summed E-state index contributed by atoms with van der Waals surface area (Å²) in [5, 5.41) is 11.1. The molecule has 100 valence electrons. The number of carbonyl (C=O) groups is 1. The topological polar surface area (TPSA) is 89.9 Å². The Morgan fingerprint density at radius 2 is 2.11 bits per heavy atom. The molecule has 0 unspecified atom stereocenters. The van der Waals surface area contributed by atoms with Gasteiger partial charge < -0.3 is 14.8 Å². The van der Waals surface area contributed by atoms with Crippen molar-refractivity contribution in [3.05, 3.63) is 29.8 Å². The number of hydrogen-bond acceptors (Lipinski definition) is 5. The fraction of sp³-hybridized carbons (Fsp3) is 0.333. The minimum absolute atomic E-state index is 0.133. The van der Waals surface area contributed by atoms with Crippen molar-refractivity contribution >= 4 is 21.8 Å². The molecule has 2 heterocycles. The molecule has 0 N–H and O–H groups in total. The lowest BCUT2D eigenvalue weighted by Crippen LogP contribution is -2.46. The molecule has 0 bridgehead atoms. The monoisotopic (exact) mass is 279 g/mol. The first-order chi connectivity index (χ1) is 9.00. The SMILES string of the molecule is O=C([O-])[C@@H]1CCCN1C1=NS(=O)(=O)c2ccccc21. The second-order valence-electron chi connectivity index (χ2n) is 4.56. The van der Waals surface area contributed by atoms with E-state index in [2.05, 4.69) is 4.40 Å². The van der Waals surface area contributed by atoms with Crippen LogP contribution in [0.5, 0.6) is 0 Å². The van der Waals surface area contributed by atoms with Crippen LogP contribution in [0.1, 0.15) is 18.4 Å². The standard InChI is InChI=1S/C12H12N2O4S/c15-12(16)9-5-3-7-14(9)11-8-4-1-2-6-10(8)19(17,18)13-11/h1-2,4,6,9H,3,5,7H2,(H,15,16)/p-1/t9-/m0/s1. The van der Waals surface area contributed by atoms with Crippen LogP contribution in [-0.2, 0) is 14.8 Å². The summed E-state index contributed by atoms with van der Waals surface area (Å²) in [4.78, 5) is 12.7. The highest BCUT2D eigenvalue weighted by molar-refractivity contribution is 7.90. The molecule has 0 aromatic heterocycles. The third-order valence-electron chi connectivity index (χ3n) is 3.41. The number of benzene rings is 1. The molecule has 1 atom stereocenters. The van der Waals surface area contributed by atoms with Gasteiger partial charge in [0, 0.05) is 12.1 Å². The van der Waals surface area contributed by atoms with Crippen molar-refractivity contribution in [1.82, 2.24) is 4.90 Å². The number of nitrogens with zero attached hydrogens (tertiary/aromatic N) is 2. The van der Waals surface area contributed by atoms with Crippen LogP contribution < -0.4 is 5.11 Å². The molecule has 2 aliphatic heterocycles. The summed E-state index contributed by atoms with van der Waals surface area (Å²) >= 11 is 0. The van der Waals surface area contributed by atoms with Gasteiger partial charge in [-0.05, 0) is 25.0 Å². The second-order valence-corrected chi connectivity index (χ2v) is 6.13. The minimum Gasteiger partial charge on any atom is -0.548 e. The van der Waals surface area contributed by atoms with E-state index < -0.39 is 22.0 Å². The first-order valence-electron chi connectivity index (χ1n) is 5.92. The molecule has 7 heteroatoms. The summed E-state index contributed by atoms with van der Waals surface area (Å²) in [5.41, 5.74) is 0.468. The van der Waals surface area contributed by atoms with Gasteiger partial charge in [-0.25, -0.2) is 0 Å². The molecular weight excluding hydrogens is 268 g/mol. The number of amidine groups is 1. The van der Waals surface area contributed by atoms with Crippen molar-refractivity contribution in [3.8, 4) is 0 Å². The zero-order valence-corrected chi connectivity index (χ0v) is 10.8. The largest absolute Gasteiger partial charge is 0.548 e. The lowest BCUT2D eigenvalue weighted by molar-refractivity contribution is -0.309. The third kappa shape index (κ3) is 1.81. The van der Waals surface area contributed by atoms with Crippen LogP contribution in [0.2, 0.25) is 0 Å². The number of carboxylic acid groups (broad SMARTS) is 1. The summed E-state index contributed by atoms with van der Waals surface area (Å²) in [5.74, 6) is -0.968. The van der Waals surface area contributed by atoms with Gasteiger partial charge in [0.05, 0.1) is 12.0 Å². The Bertz CT molecular complexity index is 681. The first kappa shape index (κ1) is 12.2. The van der Waals surface area contributed by atoms with E-state index in [0.717, 1.165) is 0 Å². The minimum atomic E-state index is -3.71. The van der Waals surface area contributed by atoms with E-state index in [0.29, 0.717) is 24.9 Å².